The maximum absolute atomic E-state index is 10.7. The van der Waals surface area contributed by atoms with Gasteiger partial charge >= 0.3 is 5.97 Å². The van der Waals surface area contributed by atoms with Crippen molar-refractivity contribution >= 4 is 22.4 Å². The molecule has 1 N–H and O–H groups in total. The van der Waals surface area contributed by atoms with E-state index in [1.165, 1.54) is 11.3 Å². The van der Waals surface area contributed by atoms with Crippen molar-refractivity contribution in [3.63, 3.8) is 0 Å². The Kier molecular flexibility index (Phi) is 3.05. The Labute approximate surface area is 86.4 Å². The van der Waals surface area contributed by atoms with Gasteiger partial charge in [-0.05, 0) is 20.8 Å². The van der Waals surface area contributed by atoms with Gasteiger partial charge in [-0.2, -0.15) is 0 Å². The standard InChI is InChI=1S/C8H13N3O2S/c1-8(2,3)11(4-6(12)13)7-10-9-5-14-7/h5H,4H2,1-3H3,(H,12,13). The van der Waals surface area contributed by atoms with Crippen LogP contribution in [0.3, 0.4) is 0 Å². The number of nitrogens with zero attached hydrogens (tertiary/aromatic N) is 3. The Bertz CT molecular complexity index is 305. The number of carboxylic acid groups (broad SMARTS) is 1. The quantitative estimate of drug-likeness (QED) is 0.821. The minimum absolute atomic E-state index is 0.0569. The predicted molar refractivity (Wildman–Crippen MR) is 54.6 cm³/mol. The van der Waals surface area contributed by atoms with E-state index in [-0.39, 0.29) is 12.1 Å². The Morgan fingerprint density at radius 1 is 1.64 bits per heavy atom. The molecule has 1 rings (SSSR count). The molecule has 0 saturated carbocycles. The number of hydrogen-bond acceptors (Lipinski definition) is 5. The normalized spacial score (nSPS) is 11.4. The highest BCUT2D eigenvalue weighted by Crippen LogP contribution is 2.24. The van der Waals surface area contributed by atoms with E-state index < -0.39 is 5.97 Å². The second kappa shape index (κ2) is 3.91. The zero-order chi connectivity index (χ0) is 10.8. The predicted octanol–water partition coefficient (Wildman–Crippen LogP) is 1.23. The Morgan fingerprint density at radius 3 is 2.64 bits per heavy atom. The van der Waals surface area contributed by atoms with Gasteiger partial charge in [-0.1, -0.05) is 11.3 Å². The molecule has 0 unspecified atom stereocenters. The van der Waals surface area contributed by atoms with E-state index in [0.29, 0.717) is 5.13 Å². The molecule has 1 heterocycles. The Hall–Kier alpha value is -1.17. The van der Waals surface area contributed by atoms with Crippen LogP contribution < -0.4 is 4.90 Å². The highest BCUT2D eigenvalue weighted by Gasteiger charge is 2.25. The average molecular weight is 215 g/mol. The number of carboxylic acids is 1. The molecule has 0 aromatic carbocycles. The first-order chi connectivity index (χ1) is 6.41. The monoisotopic (exact) mass is 215 g/mol. The second-order valence-corrected chi connectivity index (χ2v) is 4.68. The zero-order valence-electron chi connectivity index (χ0n) is 8.39. The molecule has 0 aliphatic heterocycles. The molecule has 0 aliphatic carbocycles. The summed E-state index contributed by atoms with van der Waals surface area (Å²) in [5.74, 6) is -0.866. The third-order valence-corrected chi connectivity index (χ3v) is 2.40. The van der Waals surface area contributed by atoms with Gasteiger partial charge in [0.25, 0.3) is 0 Å². The van der Waals surface area contributed by atoms with E-state index in [9.17, 15) is 4.79 Å². The van der Waals surface area contributed by atoms with Gasteiger partial charge in [0.15, 0.2) is 0 Å². The maximum Gasteiger partial charge on any atom is 0.323 e. The van der Waals surface area contributed by atoms with Gasteiger partial charge in [0.2, 0.25) is 5.13 Å². The van der Waals surface area contributed by atoms with Crippen molar-refractivity contribution in [3.05, 3.63) is 5.51 Å². The molecular formula is C8H13N3O2S. The molecule has 0 spiro atoms. The largest absolute Gasteiger partial charge is 0.480 e. The van der Waals surface area contributed by atoms with E-state index in [1.807, 2.05) is 20.8 Å². The van der Waals surface area contributed by atoms with Gasteiger partial charge in [0, 0.05) is 5.54 Å². The van der Waals surface area contributed by atoms with Crippen molar-refractivity contribution in [2.75, 3.05) is 11.4 Å². The molecule has 14 heavy (non-hydrogen) atoms. The molecule has 78 valence electrons. The zero-order valence-corrected chi connectivity index (χ0v) is 9.21. The van der Waals surface area contributed by atoms with Crippen LogP contribution in [0.25, 0.3) is 0 Å². The highest BCUT2D eigenvalue weighted by molar-refractivity contribution is 7.13. The van der Waals surface area contributed by atoms with Crippen LogP contribution in [0.5, 0.6) is 0 Å². The first-order valence-corrected chi connectivity index (χ1v) is 5.05. The van der Waals surface area contributed by atoms with Crippen LogP contribution in [0.2, 0.25) is 0 Å². The van der Waals surface area contributed by atoms with E-state index in [0.717, 1.165) is 0 Å². The van der Waals surface area contributed by atoms with Crippen molar-refractivity contribution in [2.24, 2.45) is 0 Å². The van der Waals surface area contributed by atoms with Crippen LogP contribution in [-0.4, -0.2) is 33.4 Å². The summed E-state index contributed by atoms with van der Waals surface area (Å²) in [5.41, 5.74) is 1.33. The van der Waals surface area contributed by atoms with Crippen molar-refractivity contribution in [2.45, 2.75) is 26.3 Å². The van der Waals surface area contributed by atoms with Gasteiger partial charge in [0.1, 0.15) is 12.1 Å². The number of aliphatic carboxylic acids is 1. The van der Waals surface area contributed by atoms with Gasteiger partial charge in [-0.3, -0.25) is 4.79 Å². The van der Waals surface area contributed by atoms with Gasteiger partial charge < -0.3 is 10.0 Å². The van der Waals surface area contributed by atoms with Crippen molar-refractivity contribution in [3.8, 4) is 0 Å². The highest BCUT2D eigenvalue weighted by atomic mass is 32.1. The van der Waals surface area contributed by atoms with Crippen LogP contribution in [-0.2, 0) is 4.79 Å². The molecule has 0 bridgehead atoms. The van der Waals surface area contributed by atoms with E-state index >= 15 is 0 Å². The number of hydrogen-bond donors (Lipinski definition) is 1. The molecular weight excluding hydrogens is 202 g/mol. The first-order valence-electron chi connectivity index (χ1n) is 4.17. The lowest BCUT2D eigenvalue weighted by atomic mass is 10.1. The lowest BCUT2D eigenvalue weighted by Gasteiger charge is -2.33. The molecule has 0 fully saturated rings. The van der Waals surface area contributed by atoms with Crippen molar-refractivity contribution in [1.82, 2.24) is 10.2 Å². The molecule has 0 amide bonds. The summed E-state index contributed by atoms with van der Waals surface area (Å²) in [7, 11) is 0. The topological polar surface area (TPSA) is 66.3 Å². The van der Waals surface area contributed by atoms with Gasteiger partial charge in [-0.25, -0.2) is 0 Å². The molecule has 0 saturated heterocycles. The summed E-state index contributed by atoms with van der Waals surface area (Å²) in [6, 6.07) is 0. The minimum Gasteiger partial charge on any atom is -0.480 e. The fourth-order valence-corrected chi connectivity index (χ4v) is 1.76. The molecule has 0 aliphatic rings. The minimum atomic E-state index is -0.866. The van der Waals surface area contributed by atoms with Gasteiger partial charge in [0.05, 0.1) is 0 Å². The fourth-order valence-electron chi connectivity index (χ4n) is 1.01. The van der Waals surface area contributed by atoms with Crippen LogP contribution in [0.1, 0.15) is 20.8 Å². The molecule has 6 heteroatoms. The number of rotatable bonds is 3. The van der Waals surface area contributed by atoms with Crippen molar-refractivity contribution in [1.29, 1.82) is 0 Å². The molecule has 1 aromatic rings. The first kappa shape index (κ1) is 10.9. The maximum atomic E-state index is 10.7. The number of anilines is 1. The lowest BCUT2D eigenvalue weighted by Crippen LogP contribution is -2.44. The molecule has 0 atom stereocenters. The fraction of sp³-hybridized carbons (Fsp3) is 0.625. The summed E-state index contributed by atoms with van der Waals surface area (Å²) >= 11 is 1.34. The summed E-state index contributed by atoms with van der Waals surface area (Å²) < 4.78 is 0. The third kappa shape index (κ3) is 2.66. The van der Waals surface area contributed by atoms with E-state index in [1.54, 1.807) is 10.4 Å². The summed E-state index contributed by atoms with van der Waals surface area (Å²) in [5, 5.41) is 17.0. The second-order valence-electron chi connectivity index (χ2n) is 3.87. The molecule has 0 radical (unpaired) electrons. The van der Waals surface area contributed by atoms with Crippen LogP contribution >= 0.6 is 11.3 Å². The smallest absolute Gasteiger partial charge is 0.323 e. The summed E-state index contributed by atoms with van der Waals surface area (Å²) in [4.78, 5) is 12.4. The average Bonchev–Trinajstić information content (AvgIpc) is 2.49. The SMILES string of the molecule is CC(C)(C)N(CC(=O)O)c1nncs1. The van der Waals surface area contributed by atoms with E-state index in [2.05, 4.69) is 10.2 Å². The summed E-state index contributed by atoms with van der Waals surface area (Å²) in [6.07, 6.45) is 0. The Morgan fingerprint density at radius 2 is 2.29 bits per heavy atom. The van der Waals surface area contributed by atoms with Crippen molar-refractivity contribution < 1.29 is 9.90 Å². The van der Waals surface area contributed by atoms with E-state index in [4.69, 9.17) is 5.11 Å². The van der Waals surface area contributed by atoms with Crippen LogP contribution in [0, 0.1) is 0 Å². The van der Waals surface area contributed by atoms with Crippen LogP contribution in [0.15, 0.2) is 5.51 Å². The number of aromatic nitrogens is 2. The lowest BCUT2D eigenvalue weighted by molar-refractivity contribution is -0.135. The van der Waals surface area contributed by atoms with Crippen LogP contribution in [0.4, 0.5) is 5.13 Å². The number of carbonyl (C=O) groups is 1. The third-order valence-electron chi connectivity index (χ3n) is 1.68. The molecule has 1 aromatic heterocycles. The molecule has 5 nitrogen and oxygen atoms in total. The summed E-state index contributed by atoms with van der Waals surface area (Å²) in [6.45, 7) is 5.77. The van der Waals surface area contributed by atoms with Gasteiger partial charge in [-0.15, -0.1) is 10.2 Å². The Balaban J connectivity index is 2.89.